The van der Waals surface area contributed by atoms with E-state index < -0.39 is 5.82 Å². The molecule has 84 valence electrons. The van der Waals surface area contributed by atoms with Crippen molar-refractivity contribution in [3.8, 4) is 6.07 Å². The van der Waals surface area contributed by atoms with Crippen LogP contribution in [0.3, 0.4) is 0 Å². The molecule has 1 aromatic heterocycles. The maximum Gasteiger partial charge on any atom is 0.209 e. The normalized spacial score (nSPS) is 9.44. The summed E-state index contributed by atoms with van der Waals surface area (Å²) >= 11 is 0. The third-order valence-corrected chi connectivity index (χ3v) is 2.14. The number of nitriles is 1. The van der Waals surface area contributed by atoms with Crippen LogP contribution in [0.25, 0.3) is 11.0 Å². The van der Waals surface area contributed by atoms with E-state index in [2.05, 4.69) is 0 Å². The van der Waals surface area contributed by atoms with Crippen molar-refractivity contribution < 1.29 is 8.81 Å². The Morgan fingerprint density at radius 1 is 1.38 bits per heavy atom. The van der Waals surface area contributed by atoms with E-state index in [1.807, 2.05) is 19.9 Å². The molecule has 0 saturated carbocycles. The first-order valence-electron chi connectivity index (χ1n) is 5.02. The third-order valence-electron chi connectivity index (χ3n) is 2.14. The quantitative estimate of drug-likeness (QED) is 0.740. The average Bonchev–Trinajstić information content (AvgIpc) is 2.64. The summed E-state index contributed by atoms with van der Waals surface area (Å²) in [5, 5.41) is 9.27. The molecular formula is C12H13FN2O. The zero-order valence-corrected chi connectivity index (χ0v) is 9.47. The molecule has 3 nitrogen and oxygen atoms in total. The number of benzene rings is 1. The molecule has 0 aliphatic rings. The van der Waals surface area contributed by atoms with Crippen LogP contribution in [0.2, 0.25) is 0 Å². The van der Waals surface area contributed by atoms with Gasteiger partial charge in [-0.3, -0.25) is 0 Å². The number of nitrogens with zero attached hydrogens (tertiary/aromatic N) is 1. The number of fused-ring (bicyclic) bond motifs is 1. The van der Waals surface area contributed by atoms with Gasteiger partial charge < -0.3 is 10.2 Å². The van der Waals surface area contributed by atoms with Crippen LogP contribution in [0.5, 0.6) is 0 Å². The van der Waals surface area contributed by atoms with Gasteiger partial charge in [0.05, 0.1) is 0 Å². The molecule has 0 atom stereocenters. The summed E-state index contributed by atoms with van der Waals surface area (Å²) < 4.78 is 18.2. The lowest BCUT2D eigenvalue weighted by Crippen LogP contribution is -1.84. The lowest BCUT2D eigenvalue weighted by atomic mass is 10.1. The second-order valence-electron chi connectivity index (χ2n) is 3.02. The van der Waals surface area contributed by atoms with Gasteiger partial charge in [-0.1, -0.05) is 19.9 Å². The summed E-state index contributed by atoms with van der Waals surface area (Å²) in [6.07, 6.45) is 0. The SMILES string of the molecule is CC.Cc1ccc(F)c2oc(N)c(C#N)c12. The van der Waals surface area contributed by atoms with Gasteiger partial charge in [-0.15, -0.1) is 0 Å². The minimum absolute atomic E-state index is 0.0318. The fourth-order valence-corrected chi connectivity index (χ4v) is 1.46. The molecule has 2 rings (SSSR count). The van der Waals surface area contributed by atoms with Crippen LogP contribution in [-0.2, 0) is 0 Å². The smallest absolute Gasteiger partial charge is 0.209 e. The Kier molecular flexibility index (Phi) is 3.51. The second-order valence-corrected chi connectivity index (χ2v) is 3.02. The van der Waals surface area contributed by atoms with Crippen molar-refractivity contribution in [3.05, 3.63) is 29.1 Å². The largest absolute Gasteiger partial charge is 0.436 e. The highest BCUT2D eigenvalue weighted by molar-refractivity contribution is 5.91. The maximum atomic E-state index is 13.2. The third kappa shape index (κ3) is 1.72. The van der Waals surface area contributed by atoms with Crippen molar-refractivity contribution in [3.63, 3.8) is 0 Å². The average molecular weight is 220 g/mol. The van der Waals surface area contributed by atoms with E-state index in [0.717, 1.165) is 5.56 Å². The van der Waals surface area contributed by atoms with Gasteiger partial charge in [0.2, 0.25) is 5.88 Å². The van der Waals surface area contributed by atoms with E-state index >= 15 is 0 Å². The van der Waals surface area contributed by atoms with E-state index in [9.17, 15) is 4.39 Å². The fraction of sp³-hybridized carbons (Fsp3) is 0.250. The maximum absolute atomic E-state index is 13.2. The predicted octanol–water partition coefficient (Wildman–Crippen LogP) is 3.36. The van der Waals surface area contributed by atoms with E-state index in [1.54, 1.807) is 13.0 Å². The lowest BCUT2D eigenvalue weighted by molar-refractivity contribution is 0.571. The van der Waals surface area contributed by atoms with Gasteiger partial charge >= 0.3 is 0 Å². The number of aryl methyl sites for hydroxylation is 1. The molecule has 0 fully saturated rings. The number of nitrogens with two attached hydrogens (primary N) is 1. The zero-order valence-electron chi connectivity index (χ0n) is 9.47. The Bertz CT molecular complexity index is 552. The van der Waals surface area contributed by atoms with Crippen molar-refractivity contribution in [2.24, 2.45) is 0 Å². The molecule has 2 aromatic rings. The van der Waals surface area contributed by atoms with Crippen LogP contribution in [0, 0.1) is 24.1 Å². The highest BCUT2D eigenvalue weighted by atomic mass is 19.1. The number of rotatable bonds is 0. The van der Waals surface area contributed by atoms with Crippen molar-refractivity contribution in [2.45, 2.75) is 20.8 Å². The van der Waals surface area contributed by atoms with Crippen molar-refractivity contribution in [2.75, 3.05) is 5.73 Å². The van der Waals surface area contributed by atoms with Crippen LogP contribution in [0.4, 0.5) is 10.3 Å². The molecule has 0 radical (unpaired) electrons. The Morgan fingerprint density at radius 3 is 2.56 bits per heavy atom. The second kappa shape index (κ2) is 4.67. The van der Waals surface area contributed by atoms with Gasteiger partial charge in [-0.2, -0.15) is 5.26 Å². The fourth-order valence-electron chi connectivity index (χ4n) is 1.46. The van der Waals surface area contributed by atoms with Crippen molar-refractivity contribution >= 4 is 16.9 Å². The van der Waals surface area contributed by atoms with Crippen LogP contribution in [0.1, 0.15) is 25.0 Å². The van der Waals surface area contributed by atoms with Crippen LogP contribution in [-0.4, -0.2) is 0 Å². The number of hydrogen-bond acceptors (Lipinski definition) is 3. The Morgan fingerprint density at radius 2 is 2.00 bits per heavy atom. The minimum Gasteiger partial charge on any atom is -0.436 e. The molecule has 4 heteroatoms. The lowest BCUT2D eigenvalue weighted by Gasteiger charge is -1.94. The van der Waals surface area contributed by atoms with E-state index in [4.69, 9.17) is 15.4 Å². The van der Waals surface area contributed by atoms with Crippen molar-refractivity contribution in [1.82, 2.24) is 0 Å². The molecule has 0 unspecified atom stereocenters. The summed E-state index contributed by atoms with van der Waals surface area (Å²) in [5.41, 5.74) is 6.48. The van der Waals surface area contributed by atoms with E-state index in [1.165, 1.54) is 6.07 Å². The standard InChI is InChI=1S/C10H7FN2O.C2H6/c1-5-2-3-7(11)9-8(5)6(4-12)10(13)14-9;1-2/h2-3H,13H2,1H3;1-2H3. The van der Waals surface area contributed by atoms with Gasteiger partial charge in [0.15, 0.2) is 11.4 Å². The molecule has 0 amide bonds. The van der Waals surface area contributed by atoms with Gasteiger partial charge in [0.1, 0.15) is 11.6 Å². The Balaban J connectivity index is 0.000000606. The molecular weight excluding hydrogens is 207 g/mol. The molecule has 2 N–H and O–H groups in total. The topological polar surface area (TPSA) is 62.9 Å². The summed E-state index contributed by atoms with van der Waals surface area (Å²) in [5.74, 6) is -0.533. The number of nitrogen functional groups attached to an aromatic ring is 1. The van der Waals surface area contributed by atoms with Crippen LogP contribution < -0.4 is 5.73 Å². The van der Waals surface area contributed by atoms with Crippen molar-refractivity contribution in [1.29, 1.82) is 5.26 Å². The first-order chi connectivity index (χ1) is 7.65. The molecule has 1 heterocycles. The highest BCUT2D eigenvalue weighted by Crippen LogP contribution is 2.31. The molecule has 0 spiro atoms. The minimum atomic E-state index is -0.501. The first kappa shape index (κ1) is 12.1. The number of hydrogen-bond donors (Lipinski definition) is 1. The summed E-state index contributed by atoms with van der Waals surface area (Å²) in [4.78, 5) is 0. The monoisotopic (exact) mass is 220 g/mol. The molecule has 0 aliphatic heterocycles. The molecule has 1 aromatic carbocycles. The van der Waals surface area contributed by atoms with Crippen LogP contribution >= 0.6 is 0 Å². The number of furan rings is 1. The molecule has 16 heavy (non-hydrogen) atoms. The summed E-state index contributed by atoms with van der Waals surface area (Å²) in [6, 6.07) is 4.79. The van der Waals surface area contributed by atoms with Crippen LogP contribution in [0.15, 0.2) is 16.5 Å². The van der Waals surface area contributed by atoms with Gasteiger partial charge in [-0.25, -0.2) is 4.39 Å². The Hall–Kier alpha value is -2.02. The summed E-state index contributed by atoms with van der Waals surface area (Å²) in [7, 11) is 0. The van der Waals surface area contributed by atoms with E-state index in [-0.39, 0.29) is 17.0 Å². The van der Waals surface area contributed by atoms with Gasteiger partial charge in [0.25, 0.3) is 0 Å². The van der Waals surface area contributed by atoms with E-state index in [0.29, 0.717) is 5.39 Å². The highest BCUT2D eigenvalue weighted by Gasteiger charge is 2.16. The molecule has 0 saturated heterocycles. The van der Waals surface area contributed by atoms with Gasteiger partial charge in [0, 0.05) is 5.39 Å². The van der Waals surface area contributed by atoms with Gasteiger partial charge in [-0.05, 0) is 18.6 Å². The number of anilines is 1. The molecule has 0 aliphatic carbocycles. The summed E-state index contributed by atoms with van der Waals surface area (Å²) in [6.45, 7) is 5.78. The molecule has 0 bridgehead atoms. The predicted molar refractivity (Wildman–Crippen MR) is 61.4 cm³/mol. The first-order valence-corrected chi connectivity index (χ1v) is 5.02. The zero-order chi connectivity index (χ0) is 12.3. The number of halogens is 1. The Labute approximate surface area is 93.3 Å².